The monoisotopic (exact) mass is 222 g/mol. The summed E-state index contributed by atoms with van der Waals surface area (Å²) in [4.78, 5) is 14.6. The summed E-state index contributed by atoms with van der Waals surface area (Å²) in [6.45, 7) is 4.18. The summed E-state index contributed by atoms with van der Waals surface area (Å²) in [5.74, 6) is 1.15. The minimum absolute atomic E-state index is 0.0126. The average Bonchev–Trinajstić information content (AvgIpc) is 2.25. The van der Waals surface area contributed by atoms with Gasteiger partial charge in [0.1, 0.15) is 0 Å². The van der Waals surface area contributed by atoms with Crippen molar-refractivity contribution in [2.45, 2.75) is 51.0 Å². The fourth-order valence-electron chi connectivity index (χ4n) is 3.74. The minimum atomic E-state index is -0.0126. The molecule has 0 atom stereocenters. The van der Waals surface area contributed by atoms with Crippen LogP contribution in [-0.4, -0.2) is 29.4 Å². The highest BCUT2D eigenvalue weighted by Crippen LogP contribution is 2.52. The van der Waals surface area contributed by atoms with Crippen molar-refractivity contribution in [1.82, 2.24) is 4.90 Å². The molecule has 4 fully saturated rings. The summed E-state index contributed by atoms with van der Waals surface area (Å²) < 4.78 is 0. The van der Waals surface area contributed by atoms with Crippen molar-refractivity contribution in [2.24, 2.45) is 17.1 Å². The second-order valence-corrected chi connectivity index (χ2v) is 6.46. The van der Waals surface area contributed by atoms with E-state index in [1.807, 2.05) is 0 Å². The van der Waals surface area contributed by atoms with Crippen molar-refractivity contribution >= 4 is 5.91 Å². The minimum Gasteiger partial charge on any atom is -0.342 e. The van der Waals surface area contributed by atoms with Crippen LogP contribution in [0.15, 0.2) is 0 Å². The summed E-state index contributed by atoms with van der Waals surface area (Å²) in [7, 11) is 0. The van der Waals surface area contributed by atoms with Crippen molar-refractivity contribution < 1.29 is 4.79 Å². The van der Waals surface area contributed by atoms with E-state index >= 15 is 0 Å². The molecule has 1 aliphatic heterocycles. The van der Waals surface area contributed by atoms with Gasteiger partial charge in [0.25, 0.3) is 0 Å². The quantitative estimate of drug-likeness (QED) is 0.731. The normalized spacial score (nSPS) is 43.2. The molecule has 16 heavy (non-hydrogen) atoms. The number of nitrogens with zero attached hydrogens (tertiary/aromatic N) is 1. The number of rotatable bonds is 1. The molecule has 1 saturated heterocycles. The molecule has 3 saturated carbocycles. The molecule has 3 nitrogen and oxygen atoms in total. The Bertz CT molecular complexity index is 295. The van der Waals surface area contributed by atoms with Crippen molar-refractivity contribution in [3.05, 3.63) is 0 Å². The highest BCUT2D eigenvalue weighted by molar-refractivity contribution is 5.84. The first kappa shape index (κ1) is 10.6. The number of fused-ring (bicyclic) bond motifs is 3. The van der Waals surface area contributed by atoms with Crippen LogP contribution in [0, 0.1) is 11.3 Å². The molecule has 1 heterocycles. The fraction of sp³-hybridized carbons (Fsp3) is 0.923. The van der Waals surface area contributed by atoms with Crippen LogP contribution < -0.4 is 5.73 Å². The Morgan fingerprint density at radius 3 is 2.06 bits per heavy atom. The van der Waals surface area contributed by atoms with Gasteiger partial charge in [-0.1, -0.05) is 6.92 Å². The van der Waals surface area contributed by atoms with E-state index in [1.54, 1.807) is 0 Å². The van der Waals surface area contributed by atoms with Gasteiger partial charge in [0, 0.05) is 24.0 Å². The van der Waals surface area contributed by atoms with Crippen LogP contribution in [0.1, 0.15) is 45.4 Å². The van der Waals surface area contributed by atoms with Gasteiger partial charge in [-0.05, 0) is 44.4 Å². The molecule has 0 aromatic rings. The molecule has 2 bridgehead atoms. The summed E-state index contributed by atoms with van der Waals surface area (Å²) in [5, 5.41) is 0. The molecule has 3 aliphatic carbocycles. The van der Waals surface area contributed by atoms with E-state index in [9.17, 15) is 4.79 Å². The number of amides is 1. The molecule has 4 aliphatic rings. The third kappa shape index (κ3) is 1.41. The Labute approximate surface area is 97.4 Å². The Hall–Kier alpha value is -0.570. The van der Waals surface area contributed by atoms with Gasteiger partial charge >= 0.3 is 0 Å². The maximum atomic E-state index is 12.5. The molecule has 2 N–H and O–H groups in total. The highest BCUT2D eigenvalue weighted by Gasteiger charge is 2.52. The zero-order valence-electron chi connectivity index (χ0n) is 10.2. The lowest BCUT2D eigenvalue weighted by atomic mass is 9.57. The number of nitrogens with two attached hydrogens (primary N) is 1. The van der Waals surface area contributed by atoms with E-state index in [0.29, 0.717) is 11.8 Å². The lowest BCUT2D eigenvalue weighted by Crippen LogP contribution is -2.60. The van der Waals surface area contributed by atoms with Crippen molar-refractivity contribution in [2.75, 3.05) is 13.1 Å². The summed E-state index contributed by atoms with van der Waals surface area (Å²) in [6, 6.07) is 0. The topological polar surface area (TPSA) is 46.3 Å². The SMILES string of the molecule is CC1CN(C(=O)C23CCC(N)(CC2)CC3)C1. The molecule has 0 aromatic carbocycles. The largest absolute Gasteiger partial charge is 0.342 e. The average molecular weight is 222 g/mol. The van der Waals surface area contributed by atoms with Gasteiger partial charge in [-0.25, -0.2) is 0 Å². The van der Waals surface area contributed by atoms with Gasteiger partial charge in [-0.2, -0.15) is 0 Å². The number of carbonyl (C=O) groups is 1. The maximum Gasteiger partial charge on any atom is 0.228 e. The third-order valence-electron chi connectivity index (χ3n) is 5.11. The predicted molar refractivity (Wildman–Crippen MR) is 62.8 cm³/mol. The van der Waals surface area contributed by atoms with Crippen LogP contribution in [0.5, 0.6) is 0 Å². The van der Waals surface area contributed by atoms with Crippen LogP contribution in [0.25, 0.3) is 0 Å². The number of hydrogen-bond acceptors (Lipinski definition) is 2. The lowest BCUT2D eigenvalue weighted by Gasteiger charge is -2.53. The molecule has 0 radical (unpaired) electrons. The first-order valence-electron chi connectivity index (χ1n) is 6.61. The second kappa shape index (κ2) is 3.22. The number of carbonyl (C=O) groups excluding carboxylic acids is 1. The van der Waals surface area contributed by atoms with Crippen LogP contribution in [0.3, 0.4) is 0 Å². The second-order valence-electron chi connectivity index (χ2n) is 6.46. The molecule has 0 aromatic heterocycles. The molecule has 0 unspecified atom stereocenters. The number of likely N-dealkylation sites (tertiary alicyclic amines) is 1. The molecule has 0 spiro atoms. The van der Waals surface area contributed by atoms with Gasteiger partial charge in [0.15, 0.2) is 0 Å². The van der Waals surface area contributed by atoms with Gasteiger partial charge < -0.3 is 10.6 Å². The Balaban J connectivity index is 1.72. The van der Waals surface area contributed by atoms with E-state index in [-0.39, 0.29) is 11.0 Å². The Morgan fingerprint density at radius 1 is 1.12 bits per heavy atom. The Kier molecular flexibility index (Phi) is 2.13. The van der Waals surface area contributed by atoms with E-state index < -0.39 is 0 Å². The maximum absolute atomic E-state index is 12.5. The summed E-state index contributed by atoms with van der Waals surface area (Å²) in [6.07, 6.45) is 6.28. The standard InChI is InChI=1S/C13H22N2O/c1-10-8-15(9-10)11(16)12-2-5-13(14,6-3-12)7-4-12/h10H,2-9,14H2,1H3. The first-order valence-corrected chi connectivity index (χ1v) is 6.61. The molecule has 4 rings (SSSR count). The first-order chi connectivity index (χ1) is 7.53. The zero-order valence-corrected chi connectivity index (χ0v) is 10.2. The molecular weight excluding hydrogens is 200 g/mol. The molecule has 1 amide bonds. The van der Waals surface area contributed by atoms with Crippen LogP contribution in [0.4, 0.5) is 0 Å². The summed E-state index contributed by atoms with van der Waals surface area (Å²) in [5.41, 5.74) is 6.34. The molecule has 90 valence electrons. The van der Waals surface area contributed by atoms with Crippen LogP contribution in [-0.2, 0) is 4.79 Å². The van der Waals surface area contributed by atoms with Gasteiger partial charge in [-0.3, -0.25) is 4.79 Å². The van der Waals surface area contributed by atoms with Gasteiger partial charge in [0.05, 0.1) is 0 Å². The highest BCUT2D eigenvalue weighted by atomic mass is 16.2. The van der Waals surface area contributed by atoms with E-state index in [1.165, 1.54) is 0 Å². The number of hydrogen-bond donors (Lipinski definition) is 1. The Morgan fingerprint density at radius 2 is 1.62 bits per heavy atom. The van der Waals surface area contributed by atoms with Crippen LogP contribution >= 0.6 is 0 Å². The van der Waals surface area contributed by atoms with Gasteiger partial charge in [0.2, 0.25) is 5.91 Å². The smallest absolute Gasteiger partial charge is 0.228 e. The predicted octanol–water partition coefficient (Wildman–Crippen LogP) is 1.52. The van der Waals surface area contributed by atoms with Crippen molar-refractivity contribution in [3.63, 3.8) is 0 Å². The summed E-state index contributed by atoms with van der Waals surface area (Å²) >= 11 is 0. The van der Waals surface area contributed by atoms with Gasteiger partial charge in [-0.15, -0.1) is 0 Å². The van der Waals surface area contributed by atoms with E-state index in [4.69, 9.17) is 5.73 Å². The fourth-order valence-corrected chi connectivity index (χ4v) is 3.74. The molecular formula is C13H22N2O. The van der Waals surface area contributed by atoms with Crippen molar-refractivity contribution in [1.29, 1.82) is 0 Å². The van der Waals surface area contributed by atoms with E-state index in [0.717, 1.165) is 51.6 Å². The van der Waals surface area contributed by atoms with E-state index in [2.05, 4.69) is 11.8 Å². The van der Waals surface area contributed by atoms with Crippen LogP contribution in [0.2, 0.25) is 0 Å². The zero-order chi connectivity index (χ0) is 11.4. The van der Waals surface area contributed by atoms with Crippen molar-refractivity contribution in [3.8, 4) is 0 Å². The third-order valence-corrected chi connectivity index (χ3v) is 5.11. The lowest BCUT2D eigenvalue weighted by molar-refractivity contribution is -0.155. The molecule has 3 heteroatoms.